The van der Waals surface area contributed by atoms with Crippen molar-refractivity contribution in [1.29, 1.82) is 0 Å². The van der Waals surface area contributed by atoms with Gasteiger partial charge in [0.2, 0.25) is 0 Å². The predicted molar refractivity (Wildman–Crippen MR) is 87.8 cm³/mol. The molecule has 1 aliphatic carbocycles. The lowest BCUT2D eigenvalue weighted by Crippen LogP contribution is -2.19. The average molecular weight is 348 g/mol. The largest absolute Gasteiger partial charge is 0.311 e. The van der Waals surface area contributed by atoms with Gasteiger partial charge in [-0.1, -0.05) is 15.9 Å². The third kappa shape index (κ3) is 2.57. The van der Waals surface area contributed by atoms with Crippen LogP contribution >= 0.6 is 15.9 Å². The summed E-state index contributed by atoms with van der Waals surface area (Å²) in [7, 11) is 1.82. The zero-order chi connectivity index (χ0) is 15.1. The molecule has 0 amide bonds. The maximum Gasteiger partial charge on any atom is 0.253 e. The Hall–Kier alpha value is -1.42. The van der Waals surface area contributed by atoms with Crippen molar-refractivity contribution in [1.82, 2.24) is 4.57 Å². The number of aromatic nitrogens is 1. The van der Waals surface area contributed by atoms with Crippen LogP contribution < -0.4 is 5.56 Å². The summed E-state index contributed by atoms with van der Waals surface area (Å²) in [6.45, 7) is 1.84. The molecule has 1 saturated carbocycles. The summed E-state index contributed by atoms with van der Waals surface area (Å²) in [4.78, 5) is 23.5. The zero-order valence-corrected chi connectivity index (χ0v) is 13.9. The number of rotatable bonds is 1. The van der Waals surface area contributed by atoms with Crippen LogP contribution in [0.25, 0.3) is 10.9 Å². The Balaban J connectivity index is 2.14. The van der Waals surface area contributed by atoms with E-state index in [1.54, 1.807) is 4.57 Å². The Labute approximate surface area is 132 Å². The number of ketones is 1. The van der Waals surface area contributed by atoms with E-state index in [-0.39, 0.29) is 5.56 Å². The minimum Gasteiger partial charge on any atom is -0.311 e. The summed E-state index contributed by atoms with van der Waals surface area (Å²) in [5.74, 6) is 0.786. The molecule has 1 aromatic heterocycles. The minimum atomic E-state index is 0.0466. The molecule has 21 heavy (non-hydrogen) atoms. The molecule has 1 aromatic carbocycles. The first-order valence-corrected chi connectivity index (χ1v) is 8.08. The topological polar surface area (TPSA) is 39.1 Å². The first kappa shape index (κ1) is 14.5. The lowest BCUT2D eigenvalue weighted by molar-refractivity contribution is -0.120. The minimum absolute atomic E-state index is 0.0466. The van der Waals surface area contributed by atoms with Crippen LogP contribution in [-0.2, 0) is 11.8 Å². The number of aryl methyl sites for hydroxylation is 2. The van der Waals surface area contributed by atoms with E-state index >= 15 is 0 Å². The van der Waals surface area contributed by atoms with Crippen molar-refractivity contribution < 1.29 is 4.79 Å². The highest BCUT2D eigenvalue weighted by molar-refractivity contribution is 9.10. The molecule has 0 saturated heterocycles. The van der Waals surface area contributed by atoms with Crippen LogP contribution in [0.2, 0.25) is 0 Å². The first-order valence-electron chi connectivity index (χ1n) is 7.29. The second kappa shape index (κ2) is 5.41. The number of nitrogens with zero attached hydrogens (tertiary/aromatic N) is 1. The second-order valence-corrected chi connectivity index (χ2v) is 6.79. The molecule has 3 nitrogen and oxygen atoms in total. The lowest BCUT2D eigenvalue weighted by Gasteiger charge is -2.22. The molecule has 110 valence electrons. The third-order valence-corrected chi connectivity index (χ3v) is 5.16. The van der Waals surface area contributed by atoms with Gasteiger partial charge in [0.05, 0.1) is 5.52 Å². The maximum absolute atomic E-state index is 12.1. The Morgan fingerprint density at radius 2 is 1.81 bits per heavy atom. The number of hydrogen-bond acceptors (Lipinski definition) is 2. The van der Waals surface area contributed by atoms with E-state index in [1.165, 1.54) is 5.56 Å². The molecule has 0 N–H and O–H groups in total. The lowest BCUT2D eigenvalue weighted by atomic mass is 9.83. The molecule has 0 atom stereocenters. The Morgan fingerprint density at radius 1 is 1.14 bits per heavy atom. The molecule has 0 spiro atoms. The average Bonchev–Trinajstić information content (AvgIpc) is 2.47. The predicted octanol–water partition coefficient (Wildman–Crippen LogP) is 3.84. The van der Waals surface area contributed by atoms with Gasteiger partial charge < -0.3 is 4.57 Å². The van der Waals surface area contributed by atoms with Crippen LogP contribution in [0, 0.1) is 6.92 Å². The molecule has 1 aliphatic rings. The van der Waals surface area contributed by atoms with Gasteiger partial charge in [0.25, 0.3) is 5.56 Å². The highest BCUT2D eigenvalue weighted by atomic mass is 79.9. The number of carbonyl (C=O) groups is 1. The van der Waals surface area contributed by atoms with Crippen molar-refractivity contribution >= 4 is 32.6 Å². The van der Waals surface area contributed by atoms with Crippen LogP contribution in [0.1, 0.15) is 42.7 Å². The van der Waals surface area contributed by atoms with E-state index in [0.29, 0.717) is 24.5 Å². The standard InChI is InChI=1S/C17H18BrNO2/c1-10-7-14-15(18)8-12(9-16(14)19(2)17(10)21)11-3-5-13(20)6-4-11/h7-9,11H,3-6H2,1-2H3. The van der Waals surface area contributed by atoms with Crippen LogP contribution in [0.3, 0.4) is 0 Å². The van der Waals surface area contributed by atoms with Crippen LogP contribution in [-0.4, -0.2) is 10.4 Å². The summed E-state index contributed by atoms with van der Waals surface area (Å²) in [5, 5.41) is 1.06. The number of halogens is 1. The fraction of sp³-hybridized carbons (Fsp3) is 0.412. The zero-order valence-electron chi connectivity index (χ0n) is 12.3. The number of pyridine rings is 1. The van der Waals surface area contributed by atoms with Gasteiger partial charge in [0.1, 0.15) is 5.78 Å². The number of fused-ring (bicyclic) bond motifs is 1. The first-order chi connectivity index (χ1) is 9.97. The van der Waals surface area contributed by atoms with Gasteiger partial charge in [-0.05, 0) is 49.4 Å². The third-order valence-electron chi connectivity index (χ3n) is 4.51. The quantitative estimate of drug-likeness (QED) is 0.786. The van der Waals surface area contributed by atoms with Gasteiger partial charge in [-0.25, -0.2) is 0 Å². The molecule has 1 fully saturated rings. The molecule has 0 unspecified atom stereocenters. The normalized spacial score (nSPS) is 16.6. The fourth-order valence-electron chi connectivity index (χ4n) is 3.21. The van der Waals surface area contributed by atoms with Gasteiger partial charge in [0, 0.05) is 35.3 Å². The highest BCUT2D eigenvalue weighted by Crippen LogP contribution is 2.35. The monoisotopic (exact) mass is 347 g/mol. The number of carbonyl (C=O) groups excluding carboxylic acids is 1. The highest BCUT2D eigenvalue weighted by Gasteiger charge is 2.21. The molecule has 4 heteroatoms. The van der Waals surface area contributed by atoms with Gasteiger partial charge in [-0.3, -0.25) is 9.59 Å². The van der Waals surface area contributed by atoms with E-state index in [4.69, 9.17) is 0 Å². The number of benzene rings is 1. The molecule has 0 radical (unpaired) electrons. The Kier molecular flexibility index (Phi) is 3.74. The molecule has 2 aromatic rings. The van der Waals surface area contributed by atoms with E-state index in [1.807, 2.05) is 20.0 Å². The fourth-order valence-corrected chi connectivity index (χ4v) is 3.79. The van der Waals surface area contributed by atoms with Gasteiger partial charge >= 0.3 is 0 Å². The van der Waals surface area contributed by atoms with Crippen molar-refractivity contribution in [3.8, 4) is 0 Å². The molecule has 1 heterocycles. The van der Waals surface area contributed by atoms with E-state index in [2.05, 4.69) is 28.1 Å². The van der Waals surface area contributed by atoms with Crippen molar-refractivity contribution in [2.24, 2.45) is 7.05 Å². The van der Waals surface area contributed by atoms with Crippen LogP contribution in [0.15, 0.2) is 27.5 Å². The Bertz CT molecular complexity index is 781. The van der Waals surface area contributed by atoms with Crippen LogP contribution in [0.4, 0.5) is 0 Å². The van der Waals surface area contributed by atoms with Crippen LogP contribution in [0.5, 0.6) is 0 Å². The van der Waals surface area contributed by atoms with E-state index < -0.39 is 0 Å². The number of Topliss-reactive ketones (excluding diaryl/α,β-unsaturated/α-hetero) is 1. The van der Waals surface area contributed by atoms with Crippen molar-refractivity contribution in [2.75, 3.05) is 0 Å². The van der Waals surface area contributed by atoms with Gasteiger partial charge in [-0.15, -0.1) is 0 Å². The molecular weight excluding hydrogens is 330 g/mol. The van der Waals surface area contributed by atoms with Gasteiger partial charge in [0.15, 0.2) is 0 Å². The second-order valence-electron chi connectivity index (χ2n) is 5.94. The number of hydrogen-bond donors (Lipinski definition) is 0. The summed E-state index contributed by atoms with van der Waals surface area (Å²) < 4.78 is 2.73. The summed E-state index contributed by atoms with van der Waals surface area (Å²) >= 11 is 3.64. The van der Waals surface area contributed by atoms with E-state index in [0.717, 1.165) is 33.8 Å². The smallest absolute Gasteiger partial charge is 0.253 e. The van der Waals surface area contributed by atoms with Crippen molar-refractivity contribution in [3.63, 3.8) is 0 Å². The summed E-state index contributed by atoms with van der Waals surface area (Å²) in [6, 6.07) is 6.20. The van der Waals surface area contributed by atoms with E-state index in [9.17, 15) is 9.59 Å². The maximum atomic E-state index is 12.1. The molecule has 0 bridgehead atoms. The summed E-state index contributed by atoms with van der Waals surface area (Å²) in [5.41, 5.74) is 2.97. The summed E-state index contributed by atoms with van der Waals surface area (Å²) in [6.07, 6.45) is 3.17. The van der Waals surface area contributed by atoms with Gasteiger partial charge in [-0.2, -0.15) is 0 Å². The molecule has 0 aliphatic heterocycles. The van der Waals surface area contributed by atoms with Crippen molar-refractivity contribution in [2.45, 2.75) is 38.5 Å². The SMILES string of the molecule is Cc1cc2c(Br)cc(C3CCC(=O)CC3)cc2n(C)c1=O. The Morgan fingerprint density at radius 3 is 2.48 bits per heavy atom. The van der Waals surface area contributed by atoms with Crippen molar-refractivity contribution in [3.05, 3.63) is 44.2 Å². The molecular formula is C17H18BrNO2. The molecule has 3 rings (SSSR count).